The summed E-state index contributed by atoms with van der Waals surface area (Å²) in [7, 11) is -3.68. The molecule has 5 nitrogen and oxygen atoms in total. The number of amides is 1. The van der Waals surface area contributed by atoms with Crippen molar-refractivity contribution in [3.05, 3.63) is 29.8 Å². The van der Waals surface area contributed by atoms with Gasteiger partial charge in [-0.1, -0.05) is 38.8 Å². The summed E-state index contributed by atoms with van der Waals surface area (Å²) in [5.74, 6) is 0.00238. The molecule has 1 rings (SSSR count). The SMILES string of the molecule is CCCC[C@@H](C)C(=O)N[C@H](C)c1ccc(S(N)(=O)=O)cc1. The van der Waals surface area contributed by atoms with Crippen molar-refractivity contribution in [2.75, 3.05) is 0 Å². The number of carbonyl (C=O) groups excluding carboxylic acids is 1. The largest absolute Gasteiger partial charge is 0.349 e. The Balaban J connectivity index is 2.67. The lowest BCUT2D eigenvalue weighted by Crippen LogP contribution is -2.31. The Morgan fingerprint density at radius 1 is 1.24 bits per heavy atom. The highest BCUT2D eigenvalue weighted by atomic mass is 32.2. The van der Waals surface area contributed by atoms with Crippen molar-refractivity contribution >= 4 is 15.9 Å². The summed E-state index contributed by atoms with van der Waals surface area (Å²) in [6.07, 6.45) is 2.98. The van der Waals surface area contributed by atoms with E-state index in [1.165, 1.54) is 12.1 Å². The quantitative estimate of drug-likeness (QED) is 0.809. The fourth-order valence-electron chi connectivity index (χ4n) is 2.03. The van der Waals surface area contributed by atoms with Gasteiger partial charge in [0.1, 0.15) is 0 Å². The smallest absolute Gasteiger partial charge is 0.238 e. The molecule has 0 radical (unpaired) electrons. The third-order valence-electron chi connectivity index (χ3n) is 3.51. The zero-order valence-electron chi connectivity index (χ0n) is 12.8. The second-order valence-electron chi connectivity index (χ2n) is 5.39. The highest BCUT2D eigenvalue weighted by molar-refractivity contribution is 7.89. The number of unbranched alkanes of at least 4 members (excludes halogenated alkanes) is 1. The molecule has 0 fully saturated rings. The Morgan fingerprint density at radius 3 is 2.29 bits per heavy atom. The Labute approximate surface area is 127 Å². The molecule has 2 atom stereocenters. The lowest BCUT2D eigenvalue weighted by Gasteiger charge is -2.18. The van der Waals surface area contributed by atoms with Crippen molar-refractivity contribution < 1.29 is 13.2 Å². The van der Waals surface area contributed by atoms with Crippen molar-refractivity contribution in [1.29, 1.82) is 0 Å². The van der Waals surface area contributed by atoms with E-state index in [0.717, 1.165) is 24.8 Å². The lowest BCUT2D eigenvalue weighted by atomic mass is 10.0. The summed E-state index contributed by atoms with van der Waals surface area (Å²) in [6.45, 7) is 5.89. The summed E-state index contributed by atoms with van der Waals surface area (Å²) < 4.78 is 22.4. The van der Waals surface area contributed by atoms with Crippen LogP contribution in [0.4, 0.5) is 0 Å². The van der Waals surface area contributed by atoms with Crippen LogP contribution in [0.1, 0.15) is 51.6 Å². The van der Waals surface area contributed by atoms with Crippen LogP contribution in [0.5, 0.6) is 0 Å². The van der Waals surface area contributed by atoms with E-state index in [1.807, 2.05) is 13.8 Å². The molecule has 0 bridgehead atoms. The molecule has 21 heavy (non-hydrogen) atoms. The first-order chi connectivity index (χ1) is 9.75. The fourth-order valence-corrected chi connectivity index (χ4v) is 2.54. The van der Waals surface area contributed by atoms with Gasteiger partial charge in [-0.25, -0.2) is 13.6 Å². The fraction of sp³-hybridized carbons (Fsp3) is 0.533. The van der Waals surface area contributed by atoms with Crippen LogP contribution in [0.2, 0.25) is 0 Å². The third-order valence-corrected chi connectivity index (χ3v) is 4.43. The maximum Gasteiger partial charge on any atom is 0.238 e. The van der Waals surface area contributed by atoms with E-state index in [9.17, 15) is 13.2 Å². The predicted molar refractivity (Wildman–Crippen MR) is 83.1 cm³/mol. The molecule has 3 N–H and O–H groups in total. The molecule has 0 unspecified atom stereocenters. The average molecular weight is 312 g/mol. The Hall–Kier alpha value is -1.40. The first-order valence-electron chi connectivity index (χ1n) is 7.18. The van der Waals surface area contributed by atoms with Crippen LogP contribution >= 0.6 is 0 Å². The molecule has 0 spiro atoms. The Morgan fingerprint density at radius 2 is 1.81 bits per heavy atom. The molecule has 0 aliphatic carbocycles. The summed E-state index contributed by atoms with van der Waals surface area (Å²) in [4.78, 5) is 12.1. The predicted octanol–water partition coefficient (Wildman–Crippen LogP) is 2.34. The molecule has 1 aromatic carbocycles. The van der Waals surface area contributed by atoms with Gasteiger partial charge in [0.15, 0.2) is 0 Å². The van der Waals surface area contributed by atoms with E-state index in [4.69, 9.17) is 5.14 Å². The minimum absolute atomic E-state index is 0.0175. The standard InChI is InChI=1S/C15H24N2O3S/c1-4-5-6-11(2)15(18)17-12(3)13-7-9-14(10-8-13)21(16,19)20/h7-12H,4-6H2,1-3H3,(H,17,18)(H2,16,19,20)/t11-,12-/m1/s1. The van der Waals surface area contributed by atoms with Gasteiger partial charge in [-0.3, -0.25) is 4.79 Å². The van der Waals surface area contributed by atoms with E-state index in [2.05, 4.69) is 12.2 Å². The van der Waals surface area contributed by atoms with Crippen LogP contribution < -0.4 is 10.5 Å². The topological polar surface area (TPSA) is 89.3 Å². The number of nitrogens with one attached hydrogen (secondary N) is 1. The maximum atomic E-state index is 12.0. The van der Waals surface area contributed by atoms with Gasteiger partial charge in [0.2, 0.25) is 15.9 Å². The number of hydrogen-bond acceptors (Lipinski definition) is 3. The zero-order chi connectivity index (χ0) is 16.0. The number of sulfonamides is 1. The van der Waals surface area contributed by atoms with Gasteiger partial charge in [0, 0.05) is 5.92 Å². The molecular weight excluding hydrogens is 288 g/mol. The lowest BCUT2D eigenvalue weighted by molar-refractivity contribution is -0.125. The first kappa shape index (κ1) is 17.7. The number of nitrogens with two attached hydrogens (primary N) is 1. The molecule has 1 aromatic rings. The van der Waals surface area contributed by atoms with Crippen molar-refractivity contribution in [2.45, 2.75) is 51.0 Å². The number of benzene rings is 1. The van der Waals surface area contributed by atoms with Gasteiger partial charge < -0.3 is 5.32 Å². The van der Waals surface area contributed by atoms with Gasteiger partial charge in [-0.2, -0.15) is 0 Å². The van der Waals surface area contributed by atoms with Gasteiger partial charge in [0.25, 0.3) is 0 Å². The minimum atomic E-state index is -3.68. The molecule has 0 heterocycles. The van der Waals surface area contributed by atoms with E-state index in [0.29, 0.717) is 0 Å². The van der Waals surface area contributed by atoms with Crippen molar-refractivity contribution in [1.82, 2.24) is 5.32 Å². The van der Waals surface area contributed by atoms with Crippen LogP contribution in [-0.2, 0) is 14.8 Å². The summed E-state index contributed by atoms with van der Waals surface area (Å²) in [5.41, 5.74) is 0.846. The van der Waals surface area contributed by atoms with Crippen LogP contribution in [-0.4, -0.2) is 14.3 Å². The monoisotopic (exact) mass is 312 g/mol. The van der Waals surface area contributed by atoms with E-state index in [-0.39, 0.29) is 22.8 Å². The van der Waals surface area contributed by atoms with Crippen molar-refractivity contribution in [3.8, 4) is 0 Å². The van der Waals surface area contributed by atoms with Crippen LogP contribution in [0.25, 0.3) is 0 Å². The number of primary sulfonamides is 1. The van der Waals surface area contributed by atoms with E-state index in [1.54, 1.807) is 12.1 Å². The molecule has 0 aliphatic rings. The van der Waals surface area contributed by atoms with Crippen LogP contribution in [0.15, 0.2) is 29.2 Å². The molecule has 0 aromatic heterocycles. The van der Waals surface area contributed by atoms with E-state index < -0.39 is 10.0 Å². The highest BCUT2D eigenvalue weighted by Crippen LogP contribution is 2.17. The molecular formula is C15H24N2O3S. The number of rotatable bonds is 7. The van der Waals surface area contributed by atoms with Crippen molar-refractivity contribution in [3.63, 3.8) is 0 Å². The normalized spacial score (nSPS) is 14.5. The molecule has 1 amide bonds. The molecule has 0 saturated carbocycles. The second-order valence-corrected chi connectivity index (χ2v) is 6.95. The number of carbonyl (C=O) groups is 1. The highest BCUT2D eigenvalue weighted by Gasteiger charge is 2.16. The first-order valence-corrected chi connectivity index (χ1v) is 8.73. The average Bonchev–Trinajstić information content (AvgIpc) is 2.43. The summed E-state index contributed by atoms with van der Waals surface area (Å²) >= 11 is 0. The zero-order valence-corrected chi connectivity index (χ0v) is 13.6. The molecule has 0 aliphatic heterocycles. The molecule has 6 heteroatoms. The van der Waals surface area contributed by atoms with Gasteiger partial charge in [-0.05, 0) is 31.0 Å². The third kappa shape index (κ3) is 5.47. The van der Waals surface area contributed by atoms with Gasteiger partial charge in [0.05, 0.1) is 10.9 Å². The van der Waals surface area contributed by atoms with Gasteiger partial charge >= 0.3 is 0 Å². The van der Waals surface area contributed by atoms with Gasteiger partial charge in [-0.15, -0.1) is 0 Å². The summed E-state index contributed by atoms with van der Waals surface area (Å²) in [5, 5.41) is 8.00. The minimum Gasteiger partial charge on any atom is -0.349 e. The Bertz CT molecular complexity index is 567. The molecule has 0 saturated heterocycles. The number of hydrogen-bond donors (Lipinski definition) is 2. The Kier molecular flexibility index (Phi) is 6.36. The van der Waals surface area contributed by atoms with Crippen LogP contribution in [0.3, 0.4) is 0 Å². The van der Waals surface area contributed by atoms with Crippen molar-refractivity contribution in [2.24, 2.45) is 11.1 Å². The van der Waals surface area contributed by atoms with E-state index >= 15 is 0 Å². The second kappa shape index (κ2) is 7.56. The molecule has 118 valence electrons. The summed E-state index contributed by atoms with van der Waals surface area (Å²) in [6, 6.07) is 6.07. The maximum absolute atomic E-state index is 12.0. The van der Waals surface area contributed by atoms with Crippen LogP contribution in [0, 0.1) is 5.92 Å².